The first-order chi connectivity index (χ1) is 6.42. The van der Waals surface area contributed by atoms with Crippen molar-refractivity contribution in [2.75, 3.05) is 0 Å². The highest BCUT2D eigenvalue weighted by Crippen LogP contribution is 2.46. The van der Waals surface area contributed by atoms with Crippen LogP contribution in [0.5, 0.6) is 11.5 Å². The summed E-state index contributed by atoms with van der Waals surface area (Å²) < 4.78 is 57.8. The summed E-state index contributed by atoms with van der Waals surface area (Å²) in [5, 5.41) is 0. The number of alkyl halides is 4. The van der Waals surface area contributed by atoms with Crippen molar-refractivity contribution in [3.63, 3.8) is 0 Å². The molecular formula is C8H3F4O2. The first-order valence-electron chi connectivity index (χ1n) is 3.57. The molecule has 1 aliphatic rings. The molecule has 75 valence electrons. The van der Waals surface area contributed by atoms with Gasteiger partial charge in [0.1, 0.15) is 0 Å². The van der Waals surface area contributed by atoms with E-state index in [4.69, 9.17) is 0 Å². The number of rotatable bonds is 0. The Bertz CT molecular complexity index is 329. The molecule has 1 heterocycles. The average molecular weight is 207 g/mol. The number of ether oxygens (including phenoxy) is 2. The number of halogens is 4. The Hall–Kier alpha value is -1.46. The van der Waals surface area contributed by atoms with Crippen molar-refractivity contribution >= 4 is 0 Å². The molecule has 0 saturated carbocycles. The lowest BCUT2D eigenvalue weighted by Crippen LogP contribution is -2.52. The Morgan fingerprint density at radius 2 is 1.71 bits per heavy atom. The average Bonchev–Trinajstić information content (AvgIpc) is 2.05. The number of hydrogen-bond acceptors (Lipinski definition) is 2. The number of fused-ring (bicyclic) bond motifs is 1. The van der Waals surface area contributed by atoms with Crippen LogP contribution in [0.4, 0.5) is 17.6 Å². The van der Waals surface area contributed by atoms with Gasteiger partial charge in [-0.15, -0.1) is 0 Å². The zero-order valence-corrected chi connectivity index (χ0v) is 6.56. The number of hydrogen-bond donors (Lipinski definition) is 0. The van der Waals surface area contributed by atoms with Crippen LogP contribution in [0.15, 0.2) is 18.2 Å². The molecular weight excluding hydrogens is 204 g/mol. The van der Waals surface area contributed by atoms with Gasteiger partial charge < -0.3 is 9.47 Å². The maximum absolute atomic E-state index is 12.5. The third-order valence-corrected chi connectivity index (χ3v) is 1.59. The molecule has 1 aromatic rings. The van der Waals surface area contributed by atoms with E-state index in [0.29, 0.717) is 0 Å². The largest absolute Gasteiger partial charge is 0.507 e. The maximum atomic E-state index is 12.5. The molecule has 0 spiro atoms. The minimum Gasteiger partial charge on any atom is -0.421 e. The summed E-state index contributed by atoms with van der Waals surface area (Å²) in [5.74, 6) is -0.980. The van der Waals surface area contributed by atoms with E-state index in [1.165, 1.54) is 12.1 Å². The van der Waals surface area contributed by atoms with Gasteiger partial charge in [0.05, 0.1) is 0 Å². The lowest BCUT2D eigenvalue weighted by atomic mass is 10.3. The van der Waals surface area contributed by atoms with Gasteiger partial charge >= 0.3 is 12.2 Å². The molecule has 0 bridgehead atoms. The standard InChI is InChI=1S/C8H3F4O2/c9-7(10)8(11,12)14-6-4-2-1-3-5(6)13-7/h1-3H. The van der Waals surface area contributed by atoms with Crippen molar-refractivity contribution < 1.29 is 27.0 Å². The second kappa shape index (κ2) is 2.52. The van der Waals surface area contributed by atoms with Gasteiger partial charge in [0.2, 0.25) is 0 Å². The lowest BCUT2D eigenvalue weighted by molar-refractivity contribution is -0.391. The second-order valence-electron chi connectivity index (χ2n) is 2.60. The Balaban J connectivity index is 2.46. The van der Waals surface area contributed by atoms with E-state index >= 15 is 0 Å². The molecule has 0 amide bonds. The number of benzene rings is 1. The van der Waals surface area contributed by atoms with E-state index < -0.39 is 23.7 Å². The Morgan fingerprint density at radius 3 is 2.43 bits per heavy atom. The van der Waals surface area contributed by atoms with Gasteiger partial charge in [0.15, 0.2) is 11.5 Å². The van der Waals surface area contributed by atoms with Crippen molar-refractivity contribution in [3.05, 3.63) is 24.3 Å². The summed E-state index contributed by atoms with van der Waals surface area (Å²) in [5.41, 5.74) is 0. The molecule has 2 nitrogen and oxygen atoms in total. The summed E-state index contributed by atoms with van der Waals surface area (Å²) in [7, 11) is 0. The zero-order valence-electron chi connectivity index (χ0n) is 6.56. The molecule has 1 aromatic carbocycles. The molecule has 0 fully saturated rings. The van der Waals surface area contributed by atoms with Crippen molar-refractivity contribution in [3.8, 4) is 11.5 Å². The molecule has 0 aliphatic carbocycles. The smallest absolute Gasteiger partial charge is 0.421 e. The topological polar surface area (TPSA) is 18.5 Å². The highest BCUT2D eigenvalue weighted by atomic mass is 19.3. The van der Waals surface area contributed by atoms with Gasteiger partial charge in [-0.1, -0.05) is 12.1 Å². The predicted molar refractivity (Wildman–Crippen MR) is 36.4 cm³/mol. The summed E-state index contributed by atoms with van der Waals surface area (Å²) in [4.78, 5) is 0. The Labute approximate surface area is 76.0 Å². The van der Waals surface area contributed by atoms with Crippen LogP contribution in [0.25, 0.3) is 0 Å². The van der Waals surface area contributed by atoms with E-state index in [1.807, 2.05) is 0 Å². The van der Waals surface area contributed by atoms with E-state index in [2.05, 4.69) is 15.5 Å². The van der Waals surface area contributed by atoms with Crippen LogP contribution in [0.1, 0.15) is 0 Å². The van der Waals surface area contributed by atoms with Gasteiger partial charge in [-0.05, 0) is 6.07 Å². The molecule has 0 aromatic heterocycles. The minimum atomic E-state index is -4.67. The van der Waals surface area contributed by atoms with Crippen molar-refractivity contribution in [2.24, 2.45) is 0 Å². The highest BCUT2D eigenvalue weighted by Gasteiger charge is 2.65. The van der Waals surface area contributed by atoms with Crippen LogP contribution in [0, 0.1) is 6.07 Å². The fraction of sp³-hybridized carbons (Fsp3) is 0.250. The number of para-hydroxylation sites is 1. The molecule has 6 heteroatoms. The molecule has 1 aliphatic heterocycles. The quantitative estimate of drug-likeness (QED) is 0.608. The van der Waals surface area contributed by atoms with Gasteiger partial charge in [0, 0.05) is 6.07 Å². The summed E-state index contributed by atoms with van der Waals surface area (Å²) >= 11 is 0. The van der Waals surface area contributed by atoms with Crippen LogP contribution < -0.4 is 9.47 Å². The maximum Gasteiger partial charge on any atom is 0.507 e. The van der Waals surface area contributed by atoms with Gasteiger partial charge in [-0.2, -0.15) is 17.6 Å². The summed E-state index contributed by atoms with van der Waals surface area (Å²) in [6.45, 7) is 0. The van der Waals surface area contributed by atoms with Crippen molar-refractivity contribution in [2.45, 2.75) is 12.2 Å². The molecule has 1 radical (unpaired) electrons. The Kier molecular flexibility index (Phi) is 1.64. The van der Waals surface area contributed by atoms with Gasteiger partial charge in [-0.25, -0.2) is 0 Å². The minimum absolute atomic E-state index is 0.455. The molecule has 14 heavy (non-hydrogen) atoms. The van der Waals surface area contributed by atoms with Crippen LogP contribution in [-0.2, 0) is 0 Å². The van der Waals surface area contributed by atoms with Gasteiger partial charge in [-0.3, -0.25) is 0 Å². The SMILES string of the molecule is FC1(F)Oc2[c]cccc2OC1(F)F. The zero-order chi connectivity index (χ0) is 10.4. The summed E-state index contributed by atoms with van der Waals surface area (Å²) in [6.07, 6.45) is -9.33. The highest BCUT2D eigenvalue weighted by molar-refractivity contribution is 5.40. The van der Waals surface area contributed by atoms with Gasteiger partial charge in [0.25, 0.3) is 0 Å². The molecule has 0 unspecified atom stereocenters. The fourth-order valence-electron chi connectivity index (χ4n) is 0.951. The third kappa shape index (κ3) is 1.18. The third-order valence-electron chi connectivity index (χ3n) is 1.59. The first-order valence-corrected chi connectivity index (χ1v) is 3.57. The van der Waals surface area contributed by atoms with Crippen LogP contribution in [-0.4, -0.2) is 12.2 Å². The van der Waals surface area contributed by atoms with Crippen LogP contribution >= 0.6 is 0 Å². The van der Waals surface area contributed by atoms with E-state index in [0.717, 1.165) is 6.07 Å². The van der Waals surface area contributed by atoms with Crippen LogP contribution in [0.3, 0.4) is 0 Å². The van der Waals surface area contributed by atoms with E-state index in [1.54, 1.807) is 0 Å². The first kappa shape index (κ1) is 9.11. The molecule has 0 N–H and O–H groups in total. The monoisotopic (exact) mass is 207 g/mol. The van der Waals surface area contributed by atoms with Crippen LogP contribution in [0.2, 0.25) is 0 Å². The Morgan fingerprint density at radius 1 is 1.07 bits per heavy atom. The lowest BCUT2D eigenvalue weighted by Gasteiger charge is -2.31. The molecule has 2 rings (SSSR count). The van der Waals surface area contributed by atoms with E-state index in [-0.39, 0.29) is 0 Å². The van der Waals surface area contributed by atoms with Crippen molar-refractivity contribution in [1.29, 1.82) is 0 Å². The fourth-order valence-corrected chi connectivity index (χ4v) is 0.951. The summed E-state index contributed by atoms with van der Waals surface area (Å²) in [6, 6.07) is 5.89. The molecule has 0 atom stereocenters. The van der Waals surface area contributed by atoms with Crippen molar-refractivity contribution in [1.82, 2.24) is 0 Å². The second-order valence-corrected chi connectivity index (χ2v) is 2.60. The molecule has 0 saturated heterocycles. The normalized spacial score (nSPS) is 21.7. The van der Waals surface area contributed by atoms with E-state index in [9.17, 15) is 17.6 Å². The predicted octanol–water partition coefficient (Wildman–Crippen LogP) is 2.44.